The van der Waals surface area contributed by atoms with E-state index in [1.165, 1.54) is 35.4 Å². The van der Waals surface area contributed by atoms with E-state index in [1.54, 1.807) is 48.8 Å². The van der Waals surface area contributed by atoms with Crippen LogP contribution in [0.25, 0.3) is 16.8 Å². The van der Waals surface area contributed by atoms with Gasteiger partial charge in [-0.25, -0.2) is 8.91 Å². The third kappa shape index (κ3) is 4.31. The van der Waals surface area contributed by atoms with Crippen LogP contribution >= 0.6 is 0 Å². The predicted octanol–water partition coefficient (Wildman–Crippen LogP) is 2.75. The fourth-order valence-electron chi connectivity index (χ4n) is 3.29. The number of hydrogen-bond donors (Lipinski definition) is 1. The first-order valence-corrected chi connectivity index (χ1v) is 9.84. The summed E-state index contributed by atoms with van der Waals surface area (Å²) in [4.78, 5) is 25.3. The maximum absolute atomic E-state index is 13.2. The molecule has 2 aromatic carbocycles. The van der Waals surface area contributed by atoms with Crippen LogP contribution in [-0.4, -0.2) is 40.9 Å². The Hall–Kier alpha value is -4.14. The summed E-state index contributed by atoms with van der Waals surface area (Å²) in [7, 11) is 3.02. The van der Waals surface area contributed by atoms with Crippen molar-refractivity contribution < 1.29 is 18.7 Å². The number of rotatable bonds is 7. The summed E-state index contributed by atoms with van der Waals surface area (Å²) in [6, 6.07) is 12.5. The average Bonchev–Trinajstić information content (AvgIpc) is 3.25. The van der Waals surface area contributed by atoms with Crippen molar-refractivity contribution in [1.82, 2.24) is 19.5 Å². The molecule has 0 saturated heterocycles. The van der Waals surface area contributed by atoms with Crippen LogP contribution in [-0.2, 0) is 6.54 Å². The van der Waals surface area contributed by atoms with Gasteiger partial charge in [0.05, 0.1) is 19.9 Å². The number of carbonyl (C=O) groups is 1. The average molecular weight is 436 g/mol. The highest BCUT2D eigenvalue weighted by Crippen LogP contribution is 2.22. The number of amides is 1. The fourth-order valence-corrected chi connectivity index (χ4v) is 3.29. The lowest BCUT2D eigenvalue weighted by molar-refractivity contribution is 0.0951. The Morgan fingerprint density at radius 1 is 1.03 bits per heavy atom. The molecule has 8 nitrogen and oxygen atoms in total. The number of carbonyl (C=O) groups excluding carboxylic acids is 1. The number of nitrogens with one attached hydrogen (secondary N) is 1. The minimum atomic E-state index is -0.339. The lowest BCUT2D eigenvalue weighted by atomic mass is 10.1. The van der Waals surface area contributed by atoms with E-state index in [1.807, 2.05) is 0 Å². The van der Waals surface area contributed by atoms with Crippen molar-refractivity contribution in [3.63, 3.8) is 0 Å². The molecule has 0 aliphatic rings. The largest absolute Gasteiger partial charge is 0.497 e. The first kappa shape index (κ1) is 21.1. The Balaban J connectivity index is 1.48. The maximum atomic E-state index is 13.2. The topological polar surface area (TPSA) is 86.9 Å². The first-order chi connectivity index (χ1) is 15.5. The number of hydrogen-bond acceptors (Lipinski definition) is 5. The van der Waals surface area contributed by atoms with Crippen molar-refractivity contribution in [2.45, 2.75) is 6.54 Å². The molecule has 0 aliphatic carbocycles. The normalized spacial score (nSPS) is 10.8. The summed E-state index contributed by atoms with van der Waals surface area (Å²) >= 11 is 0. The van der Waals surface area contributed by atoms with Gasteiger partial charge in [0.1, 0.15) is 22.8 Å². The number of benzene rings is 2. The molecule has 0 saturated carbocycles. The molecule has 4 aromatic rings. The number of methoxy groups -OCH3 is 2. The van der Waals surface area contributed by atoms with Crippen molar-refractivity contribution in [3.8, 4) is 22.8 Å². The van der Waals surface area contributed by atoms with E-state index in [2.05, 4.69) is 10.4 Å². The van der Waals surface area contributed by atoms with Crippen LogP contribution in [0.15, 0.2) is 65.7 Å². The van der Waals surface area contributed by atoms with E-state index in [4.69, 9.17) is 9.47 Å². The first-order valence-electron chi connectivity index (χ1n) is 9.84. The van der Waals surface area contributed by atoms with Gasteiger partial charge in [0.2, 0.25) is 0 Å². The monoisotopic (exact) mass is 436 g/mol. The molecule has 32 heavy (non-hydrogen) atoms. The third-order valence-electron chi connectivity index (χ3n) is 5.00. The minimum absolute atomic E-state index is 0.243. The molecule has 9 heteroatoms. The van der Waals surface area contributed by atoms with Crippen LogP contribution in [0.2, 0.25) is 0 Å². The van der Waals surface area contributed by atoms with E-state index in [-0.39, 0.29) is 30.4 Å². The second-order valence-electron chi connectivity index (χ2n) is 7.02. The molecule has 0 aliphatic heterocycles. The molecular formula is C23H21FN4O4. The van der Waals surface area contributed by atoms with Crippen molar-refractivity contribution >= 4 is 11.4 Å². The highest BCUT2D eigenvalue weighted by Gasteiger charge is 2.12. The number of aromatic nitrogens is 3. The Morgan fingerprint density at radius 2 is 1.72 bits per heavy atom. The Morgan fingerprint density at radius 3 is 2.38 bits per heavy atom. The highest BCUT2D eigenvalue weighted by atomic mass is 19.1. The highest BCUT2D eigenvalue weighted by molar-refractivity contribution is 5.95. The van der Waals surface area contributed by atoms with Crippen LogP contribution in [0.4, 0.5) is 4.39 Å². The van der Waals surface area contributed by atoms with Gasteiger partial charge >= 0.3 is 0 Å². The summed E-state index contributed by atoms with van der Waals surface area (Å²) in [5, 5.41) is 7.18. The number of halogens is 1. The van der Waals surface area contributed by atoms with Gasteiger partial charge in [-0.1, -0.05) is 0 Å². The van der Waals surface area contributed by atoms with E-state index in [9.17, 15) is 14.0 Å². The quantitative estimate of drug-likeness (QED) is 0.482. The molecule has 0 radical (unpaired) electrons. The van der Waals surface area contributed by atoms with Gasteiger partial charge in [-0.3, -0.25) is 9.59 Å². The van der Waals surface area contributed by atoms with Gasteiger partial charge in [0.25, 0.3) is 11.5 Å². The van der Waals surface area contributed by atoms with Gasteiger partial charge in [-0.2, -0.15) is 5.10 Å². The molecule has 0 atom stereocenters. The van der Waals surface area contributed by atoms with Crippen molar-refractivity contribution in [3.05, 3.63) is 82.7 Å². The molecule has 1 N–H and O–H groups in total. The molecule has 0 unspecified atom stereocenters. The van der Waals surface area contributed by atoms with Gasteiger partial charge in [0, 0.05) is 42.7 Å². The Labute approximate surface area is 182 Å². The fraction of sp³-hybridized carbons (Fsp3) is 0.174. The molecular weight excluding hydrogens is 415 g/mol. The summed E-state index contributed by atoms with van der Waals surface area (Å²) in [5.74, 6) is 0.372. The molecule has 2 heterocycles. The summed E-state index contributed by atoms with van der Waals surface area (Å²) in [6.07, 6.45) is 3.27. The van der Waals surface area contributed by atoms with Crippen molar-refractivity contribution in [2.24, 2.45) is 0 Å². The van der Waals surface area contributed by atoms with E-state index >= 15 is 0 Å². The van der Waals surface area contributed by atoms with Crippen LogP contribution in [0.3, 0.4) is 0 Å². The molecule has 164 valence electrons. The lowest BCUT2D eigenvalue weighted by Crippen LogP contribution is -2.31. The molecule has 1 amide bonds. The zero-order valence-corrected chi connectivity index (χ0v) is 17.5. The van der Waals surface area contributed by atoms with Crippen LogP contribution in [0, 0.1) is 5.82 Å². The minimum Gasteiger partial charge on any atom is -0.497 e. The van der Waals surface area contributed by atoms with Crippen LogP contribution in [0.1, 0.15) is 10.4 Å². The Kier molecular flexibility index (Phi) is 5.89. The smallest absolute Gasteiger partial charge is 0.276 e. The molecule has 0 fully saturated rings. The van der Waals surface area contributed by atoms with Gasteiger partial charge in [-0.15, -0.1) is 0 Å². The number of fused-ring (bicyclic) bond motifs is 1. The zero-order chi connectivity index (χ0) is 22.7. The SMILES string of the molecule is COc1cc(OC)cc(C(=O)NCCn2ccn3nc(-c4ccc(F)cc4)cc3c2=O)c1. The van der Waals surface area contributed by atoms with Crippen LogP contribution in [0.5, 0.6) is 11.5 Å². The van der Waals surface area contributed by atoms with Crippen molar-refractivity contribution in [2.75, 3.05) is 20.8 Å². The van der Waals surface area contributed by atoms with E-state index < -0.39 is 0 Å². The maximum Gasteiger partial charge on any atom is 0.276 e. The summed E-state index contributed by atoms with van der Waals surface area (Å²) in [6.45, 7) is 0.520. The zero-order valence-electron chi connectivity index (χ0n) is 17.5. The number of nitrogens with zero attached hydrogens (tertiary/aromatic N) is 3. The lowest BCUT2D eigenvalue weighted by Gasteiger charge is -2.10. The van der Waals surface area contributed by atoms with Crippen molar-refractivity contribution in [1.29, 1.82) is 0 Å². The van der Waals surface area contributed by atoms with E-state index in [0.29, 0.717) is 33.8 Å². The summed E-state index contributed by atoms with van der Waals surface area (Å²) < 4.78 is 26.5. The Bertz CT molecular complexity index is 1310. The number of ether oxygens (including phenoxy) is 2. The van der Waals surface area contributed by atoms with Gasteiger partial charge in [0.15, 0.2) is 0 Å². The van der Waals surface area contributed by atoms with Gasteiger partial charge in [-0.05, 0) is 42.5 Å². The van der Waals surface area contributed by atoms with E-state index in [0.717, 1.165) is 0 Å². The second kappa shape index (κ2) is 8.93. The molecule has 0 spiro atoms. The van der Waals surface area contributed by atoms with Gasteiger partial charge < -0.3 is 19.4 Å². The second-order valence-corrected chi connectivity index (χ2v) is 7.02. The molecule has 2 aromatic heterocycles. The van der Waals surface area contributed by atoms with Crippen LogP contribution < -0.4 is 20.3 Å². The predicted molar refractivity (Wildman–Crippen MR) is 117 cm³/mol. The molecule has 0 bridgehead atoms. The molecule has 4 rings (SSSR count). The third-order valence-corrected chi connectivity index (χ3v) is 5.00. The summed E-state index contributed by atoms with van der Waals surface area (Å²) in [5.41, 5.74) is 1.81. The standard InChI is InChI=1S/C23H21FN4O4/c1-31-18-11-16(12-19(13-18)32-2)22(29)25-7-8-27-9-10-28-21(23(27)30)14-20(26-28)15-3-5-17(24)6-4-15/h3-6,9-14H,7-8H2,1-2H3,(H,25,29).